The predicted molar refractivity (Wildman–Crippen MR) is 68.4 cm³/mol. The molecule has 4 aliphatic carbocycles. The lowest BCUT2D eigenvalue weighted by Gasteiger charge is -2.54. The van der Waals surface area contributed by atoms with Gasteiger partial charge in [-0.15, -0.1) is 0 Å². The molecule has 4 fully saturated rings. The summed E-state index contributed by atoms with van der Waals surface area (Å²) in [6.45, 7) is 5.68. The summed E-state index contributed by atoms with van der Waals surface area (Å²) >= 11 is 5.79. The van der Waals surface area contributed by atoms with Crippen molar-refractivity contribution in [3.63, 3.8) is 0 Å². The van der Waals surface area contributed by atoms with Crippen molar-refractivity contribution in [2.24, 2.45) is 29.6 Å². The summed E-state index contributed by atoms with van der Waals surface area (Å²) in [6.07, 6.45) is 7.61. The van der Waals surface area contributed by atoms with E-state index in [0.717, 1.165) is 41.2 Å². The Morgan fingerprint density at radius 2 is 1.62 bits per heavy atom. The smallest absolute Gasteiger partial charge is 0.0307 e. The first-order valence-electron chi connectivity index (χ1n) is 6.76. The van der Waals surface area contributed by atoms with Gasteiger partial charge < -0.3 is 5.32 Å². The maximum atomic E-state index is 5.79. The summed E-state index contributed by atoms with van der Waals surface area (Å²) in [5.41, 5.74) is 0. The Balaban J connectivity index is 1.57. The summed E-state index contributed by atoms with van der Waals surface area (Å²) in [7, 11) is 0. The maximum absolute atomic E-state index is 5.79. The van der Waals surface area contributed by atoms with Gasteiger partial charge in [-0.3, -0.25) is 0 Å². The van der Waals surface area contributed by atoms with Gasteiger partial charge in [0.1, 0.15) is 0 Å². The molecular weight excluding hydrogens is 218 g/mol. The van der Waals surface area contributed by atoms with E-state index in [1.807, 2.05) is 0 Å². The van der Waals surface area contributed by atoms with E-state index in [4.69, 9.17) is 11.6 Å². The van der Waals surface area contributed by atoms with E-state index in [-0.39, 0.29) is 0 Å². The second-order valence-electron chi connectivity index (χ2n) is 6.24. The Hall–Kier alpha value is -0.0100. The summed E-state index contributed by atoms with van der Waals surface area (Å²) in [6, 6.07) is 0. The van der Waals surface area contributed by atoms with Crippen LogP contribution in [0.1, 0.15) is 32.1 Å². The molecule has 4 bridgehead atoms. The van der Waals surface area contributed by atoms with E-state index in [1.54, 1.807) is 6.42 Å². The Kier molecular flexibility index (Phi) is 3.01. The Morgan fingerprint density at radius 3 is 2.12 bits per heavy atom. The second-order valence-corrected chi connectivity index (χ2v) is 6.78. The van der Waals surface area contributed by atoms with Crippen molar-refractivity contribution in [1.82, 2.24) is 5.32 Å². The highest BCUT2D eigenvalue weighted by atomic mass is 35.5. The van der Waals surface area contributed by atoms with Crippen LogP contribution in [-0.4, -0.2) is 13.1 Å². The minimum Gasteiger partial charge on any atom is -0.312 e. The van der Waals surface area contributed by atoms with Crippen LogP contribution in [-0.2, 0) is 0 Å². The van der Waals surface area contributed by atoms with Crippen molar-refractivity contribution >= 4 is 11.6 Å². The fraction of sp³-hybridized carbons (Fsp3) is 0.857. The van der Waals surface area contributed by atoms with Crippen LogP contribution in [0.2, 0.25) is 0 Å². The van der Waals surface area contributed by atoms with Crippen molar-refractivity contribution in [2.45, 2.75) is 32.1 Å². The largest absolute Gasteiger partial charge is 0.312 e. The highest BCUT2D eigenvalue weighted by Gasteiger charge is 2.47. The number of halogens is 1. The van der Waals surface area contributed by atoms with E-state index < -0.39 is 0 Å². The van der Waals surface area contributed by atoms with Crippen LogP contribution < -0.4 is 5.32 Å². The van der Waals surface area contributed by atoms with Gasteiger partial charge in [-0.25, -0.2) is 0 Å². The van der Waals surface area contributed by atoms with Gasteiger partial charge in [-0.1, -0.05) is 18.2 Å². The highest BCUT2D eigenvalue weighted by Crippen LogP contribution is 2.56. The van der Waals surface area contributed by atoms with Gasteiger partial charge >= 0.3 is 0 Å². The molecule has 0 spiro atoms. The monoisotopic (exact) mass is 239 g/mol. The Bertz CT molecular complexity index is 258. The fourth-order valence-corrected chi connectivity index (χ4v) is 4.84. The first-order valence-corrected chi connectivity index (χ1v) is 7.14. The highest BCUT2D eigenvalue weighted by molar-refractivity contribution is 6.29. The van der Waals surface area contributed by atoms with Gasteiger partial charge in [-0.2, -0.15) is 0 Å². The summed E-state index contributed by atoms with van der Waals surface area (Å²) in [4.78, 5) is 0. The van der Waals surface area contributed by atoms with E-state index >= 15 is 0 Å². The van der Waals surface area contributed by atoms with E-state index in [2.05, 4.69) is 11.9 Å². The third kappa shape index (κ3) is 2.04. The van der Waals surface area contributed by atoms with E-state index in [1.165, 1.54) is 32.2 Å². The van der Waals surface area contributed by atoms with Crippen LogP contribution in [0.15, 0.2) is 11.6 Å². The van der Waals surface area contributed by atoms with Crippen molar-refractivity contribution in [3.05, 3.63) is 11.6 Å². The van der Waals surface area contributed by atoms with Crippen LogP contribution in [0, 0.1) is 29.6 Å². The predicted octanol–water partition coefficient (Wildman–Crippen LogP) is 3.40. The molecule has 4 rings (SSSR count). The van der Waals surface area contributed by atoms with Crippen molar-refractivity contribution < 1.29 is 0 Å². The zero-order chi connectivity index (χ0) is 11.1. The molecule has 0 radical (unpaired) electrons. The molecule has 90 valence electrons. The molecule has 1 nitrogen and oxygen atoms in total. The Labute approximate surface area is 104 Å². The molecule has 0 heterocycles. The van der Waals surface area contributed by atoms with Crippen LogP contribution in [0.4, 0.5) is 0 Å². The third-order valence-electron chi connectivity index (χ3n) is 5.12. The van der Waals surface area contributed by atoms with E-state index in [0.29, 0.717) is 0 Å². The molecule has 0 aromatic heterocycles. The topological polar surface area (TPSA) is 12.0 Å². The number of hydrogen-bond acceptors (Lipinski definition) is 1. The molecule has 0 atom stereocenters. The van der Waals surface area contributed by atoms with Crippen molar-refractivity contribution in [2.75, 3.05) is 13.1 Å². The molecule has 16 heavy (non-hydrogen) atoms. The van der Waals surface area contributed by atoms with Crippen molar-refractivity contribution in [3.8, 4) is 0 Å². The zero-order valence-corrected chi connectivity index (χ0v) is 10.7. The molecular formula is C14H22ClN. The summed E-state index contributed by atoms with van der Waals surface area (Å²) in [5, 5.41) is 4.22. The average Bonchev–Trinajstić information content (AvgIpc) is 2.20. The summed E-state index contributed by atoms with van der Waals surface area (Å²) in [5.74, 6) is 5.15. The lowest BCUT2D eigenvalue weighted by Crippen LogP contribution is -2.48. The van der Waals surface area contributed by atoms with Gasteiger partial charge in [0.25, 0.3) is 0 Å². The van der Waals surface area contributed by atoms with E-state index in [9.17, 15) is 0 Å². The molecule has 0 saturated heterocycles. The maximum Gasteiger partial charge on any atom is 0.0307 e. The third-order valence-corrected chi connectivity index (χ3v) is 5.25. The van der Waals surface area contributed by atoms with Gasteiger partial charge in [0.2, 0.25) is 0 Å². The average molecular weight is 240 g/mol. The van der Waals surface area contributed by atoms with Gasteiger partial charge in [0.15, 0.2) is 0 Å². The second kappa shape index (κ2) is 4.34. The minimum absolute atomic E-state index is 0.740. The molecule has 1 N–H and O–H groups in total. The van der Waals surface area contributed by atoms with Crippen molar-refractivity contribution in [1.29, 1.82) is 0 Å². The number of rotatable bonds is 4. The molecule has 4 saturated carbocycles. The number of nitrogens with one attached hydrogen (secondary N) is 1. The lowest BCUT2D eigenvalue weighted by atomic mass is 9.52. The Morgan fingerprint density at radius 1 is 1.06 bits per heavy atom. The quantitative estimate of drug-likeness (QED) is 0.793. The molecule has 0 aliphatic heterocycles. The van der Waals surface area contributed by atoms with Crippen LogP contribution in [0.5, 0.6) is 0 Å². The fourth-order valence-electron chi connectivity index (χ4n) is 4.75. The number of hydrogen-bond donors (Lipinski definition) is 1. The SMILES string of the molecule is C=C(Cl)CNCC1C2CC3CC(C2)CC1C3. The zero-order valence-electron chi connectivity index (χ0n) is 9.92. The van der Waals surface area contributed by atoms with Gasteiger partial charge in [0, 0.05) is 11.6 Å². The molecule has 0 unspecified atom stereocenters. The summed E-state index contributed by atoms with van der Waals surface area (Å²) < 4.78 is 0. The van der Waals surface area contributed by atoms with Crippen LogP contribution >= 0.6 is 11.6 Å². The first-order chi connectivity index (χ1) is 7.72. The lowest BCUT2D eigenvalue weighted by molar-refractivity contribution is -0.0351. The molecule has 0 aromatic rings. The van der Waals surface area contributed by atoms with Crippen LogP contribution in [0.3, 0.4) is 0 Å². The molecule has 2 heteroatoms. The molecule has 0 amide bonds. The normalized spacial score (nSPS) is 44.9. The minimum atomic E-state index is 0.740. The van der Waals surface area contributed by atoms with Crippen LogP contribution in [0.25, 0.3) is 0 Å². The van der Waals surface area contributed by atoms with Gasteiger partial charge in [0.05, 0.1) is 0 Å². The molecule has 0 aromatic carbocycles. The standard InChI is InChI=1S/C14H22ClN/c1-9(15)7-16-8-14-12-3-10-2-11(5-12)6-13(14)4-10/h10-14,16H,1-8H2. The first kappa shape index (κ1) is 11.1. The van der Waals surface area contributed by atoms with Gasteiger partial charge in [-0.05, 0) is 68.2 Å². The molecule has 4 aliphatic rings.